The van der Waals surface area contributed by atoms with Gasteiger partial charge in [0.1, 0.15) is 0 Å². The van der Waals surface area contributed by atoms with Crippen LogP contribution >= 0.6 is 0 Å². The second-order valence-corrected chi connectivity index (χ2v) is 9.45. The van der Waals surface area contributed by atoms with E-state index in [1.54, 1.807) is 4.31 Å². The molecule has 21 heavy (non-hydrogen) atoms. The molecule has 2 saturated heterocycles. The van der Waals surface area contributed by atoms with Crippen molar-refractivity contribution in [2.75, 3.05) is 25.4 Å². The smallest absolute Gasteiger partial charge is 0.214 e. The van der Waals surface area contributed by atoms with Gasteiger partial charge in [0.25, 0.3) is 0 Å². The molecule has 4 nitrogen and oxygen atoms in total. The van der Waals surface area contributed by atoms with Gasteiger partial charge in [0.2, 0.25) is 10.0 Å². The van der Waals surface area contributed by atoms with Crippen molar-refractivity contribution in [1.29, 1.82) is 0 Å². The Bertz CT molecular complexity index is 427. The lowest BCUT2D eigenvalue weighted by molar-refractivity contribution is 0.160. The van der Waals surface area contributed by atoms with Crippen LogP contribution in [0.5, 0.6) is 0 Å². The third-order valence-corrected chi connectivity index (χ3v) is 7.88. The number of nitrogens with zero attached hydrogens (tertiary/aromatic N) is 1. The van der Waals surface area contributed by atoms with E-state index in [-0.39, 0.29) is 0 Å². The average Bonchev–Trinajstić information content (AvgIpc) is 2.95. The lowest BCUT2D eigenvalue weighted by Gasteiger charge is -2.38. The number of rotatable bonds is 4. The first-order valence-electron chi connectivity index (χ1n) is 8.81. The summed E-state index contributed by atoms with van der Waals surface area (Å²) in [7, 11) is -3.04. The third kappa shape index (κ3) is 3.80. The topological polar surface area (TPSA) is 49.4 Å². The largest absolute Gasteiger partial charge is 0.314 e. The highest BCUT2D eigenvalue weighted by Gasteiger charge is 2.39. The molecule has 3 rings (SSSR count). The first-order chi connectivity index (χ1) is 10.1. The molecule has 1 saturated carbocycles. The Hall–Kier alpha value is -0.130. The van der Waals surface area contributed by atoms with Gasteiger partial charge in [-0.15, -0.1) is 0 Å². The van der Waals surface area contributed by atoms with Gasteiger partial charge in [-0.25, -0.2) is 12.7 Å². The van der Waals surface area contributed by atoms with Gasteiger partial charge in [0.15, 0.2) is 0 Å². The highest BCUT2D eigenvalue weighted by Crippen LogP contribution is 2.46. The Labute approximate surface area is 129 Å². The molecule has 0 radical (unpaired) electrons. The Balaban J connectivity index is 1.48. The molecule has 1 atom stereocenters. The summed E-state index contributed by atoms with van der Waals surface area (Å²) in [6, 6.07) is 0.416. The van der Waals surface area contributed by atoms with Gasteiger partial charge in [-0.3, -0.25) is 0 Å². The molecule has 1 N–H and O–H groups in total. The Morgan fingerprint density at radius 1 is 1.00 bits per heavy atom. The summed E-state index contributed by atoms with van der Waals surface area (Å²) in [5, 5.41) is 3.45. The Morgan fingerprint density at radius 3 is 2.33 bits per heavy atom. The van der Waals surface area contributed by atoms with Crippen molar-refractivity contribution in [3.05, 3.63) is 0 Å². The lowest BCUT2D eigenvalue weighted by atomic mass is 9.78. The number of hydrogen-bond acceptors (Lipinski definition) is 3. The Kier molecular flexibility index (Phi) is 4.91. The summed E-state index contributed by atoms with van der Waals surface area (Å²) in [5.41, 5.74) is 0.497. The zero-order valence-electron chi connectivity index (χ0n) is 13.1. The second kappa shape index (κ2) is 6.55. The van der Waals surface area contributed by atoms with Crippen molar-refractivity contribution in [3.63, 3.8) is 0 Å². The molecule has 1 spiro atoms. The zero-order valence-corrected chi connectivity index (χ0v) is 14.0. The second-order valence-electron chi connectivity index (χ2n) is 7.36. The van der Waals surface area contributed by atoms with Gasteiger partial charge in [-0.1, -0.05) is 19.3 Å². The maximum Gasteiger partial charge on any atom is 0.214 e. The van der Waals surface area contributed by atoms with Crippen LogP contribution in [0.2, 0.25) is 0 Å². The first kappa shape index (κ1) is 15.8. The molecule has 5 heteroatoms. The summed E-state index contributed by atoms with van der Waals surface area (Å²) in [5.74, 6) is 0.331. The first-order valence-corrected chi connectivity index (χ1v) is 10.4. The molecule has 0 aromatic rings. The van der Waals surface area contributed by atoms with Crippen LogP contribution in [0.25, 0.3) is 0 Å². The Morgan fingerprint density at radius 2 is 1.71 bits per heavy atom. The molecule has 0 aromatic heterocycles. The third-order valence-electron chi connectivity index (χ3n) is 5.98. The van der Waals surface area contributed by atoms with E-state index in [2.05, 4.69) is 5.32 Å². The lowest BCUT2D eigenvalue weighted by Crippen LogP contribution is -2.44. The fourth-order valence-electron chi connectivity index (χ4n) is 4.45. The molecular weight excluding hydrogens is 284 g/mol. The molecule has 0 amide bonds. The van der Waals surface area contributed by atoms with E-state index >= 15 is 0 Å². The predicted molar refractivity (Wildman–Crippen MR) is 85.8 cm³/mol. The maximum absolute atomic E-state index is 12.5. The molecule has 2 heterocycles. The highest BCUT2D eigenvalue weighted by atomic mass is 32.2. The van der Waals surface area contributed by atoms with E-state index in [9.17, 15) is 8.42 Å². The molecular formula is C16H30N2O2S. The molecule has 1 unspecified atom stereocenters. The van der Waals surface area contributed by atoms with E-state index in [4.69, 9.17) is 0 Å². The summed E-state index contributed by atoms with van der Waals surface area (Å²) >= 11 is 0. The van der Waals surface area contributed by atoms with Crippen LogP contribution in [0.1, 0.15) is 64.2 Å². The van der Waals surface area contributed by atoms with Crippen molar-refractivity contribution in [2.45, 2.75) is 70.3 Å². The number of sulfonamides is 1. The highest BCUT2D eigenvalue weighted by molar-refractivity contribution is 7.89. The fraction of sp³-hybridized carbons (Fsp3) is 1.00. The quantitative estimate of drug-likeness (QED) is 0.867. The standard InChI is InChI=1S/C16H30N2O2S/c19-21(20,14-6-15-5-1-4-11-17-15)18-12-9-16(10-13-18)7-2-3-8-16/h15,17H,1-14H2. The van der Waals surface area contributed by atoms with Gasteiger partial charge in [-0.05, 0) is 56.9 Å². The van der Waals surface area contributed by atoms with Crippen LogP contribution in [-0.4, -0.2) is 44.2 Å². The minimum absolute atomic E-state index is 0.331. The number of piperidine rings is 2. The molecule has 0 bridgehead atoms. The molecule has 0 aromatic carbocycles. The number of hydrogen-bond donors (Lipinski definition) is 1. The van der Waals surface area contributed by atoms with Gasteiger partial charge in [-0.2, -0.15) is 0 Å². The fourth-order valence-corrected chi connectivity index (χ4v) is 6.03. The summed E-state index contributed by atoms with van der Waals surface area (Å²) in [6.45, 7) is 2.58. The average molecular weight is 314 g/mol. The van der Waals surface area contributed by atoms with Gasteiger partial charge in [0, 0.05) is 19.1 Å². The van der Waals surface area contributed by atoms with Crippen molar-refractivity contribution >= 4 is 10.0 Å². The van der Waals surface area contributed by atoms with E-state index < -0.39 is 10.0 Å². The molecule has 1 aliphatic carbocycles. The van der Waals surface area contributed by atoms with Crippen LogP contribution in [0, 0.1) is 5.41 Å². The summed E-state index contributed by atoms with van der Waals surface area (Å²) < 4.78 is 26.8. The van der Waals surface area contributed by atoms with Crippen LogP contribution < -0.4 is 5.32 Å². The van der Waals surface area contributed by atoms with Gasteiger partial charge in [0.05, 0.1) is 5.75 Å². The van der Waals surface area contributed by atoms with Crippen LogP contribution in [0.15, 0.2) is 0 Å². The van der Waals surface area contributed by atoms with Gasteiger partial charge >= 0.3 is 0 Å². The van der Waals surface area contributed by atoms with Crippen molar-refractivity contribution in [2.24, 2.45) is 5.41 Å². The predicted octanol–water partition coefficient (Wildman–Crippen LogP) is 2.50. The number of nitrogens with one attached hydrogen (secondary N) is 1. The van der Waals surface area contributed by atoms with Crippen LogP contribution in [-0.2, 0) is 10.0 Å². The van der Waals surface area contributed by atoms with Crippen molar-refractivity contribution < 1.29 is 8.42 Å². The molecule has 122 valence electrons. The van der Waals surface area contributed by atoms with Crippen LogP contribution in [0.3, 0.4) is 0 Å². The van der Waals surface area contributed by atoms with Gasteiger partial charge < -0.3 is 5.32 Å². The van der Waals surface area contributed by atoms with E-state index in [0.29, 0.717) is 17.2 Å². The van der Waals surface area contributed by atoms with Crippen molar-refractivity contribution in [1.82, 2.24) is 9.62 Å². The minimum atomic E-state index is -3.04. The van der Waals surface area contributed by atoms with E-state index in [1.165, 1.54) is 38.5 Å². The molecule has 3 aliphatic rings. The normalized spacial score (nSPS) is 30.8. The molecule has 2 aliphatic heterocycles. The minimum Gasteiger partial charge on any atom is -0.314 e. The van der Waals surface area contributed by atoms with Crippen molar-refractivity contribution in [3.8, 4) is 0 Å². The summed E-state index contributed by atoms with van der Waals surface area (Å²) in [6.07, 6.45) is 11.9. The van der Waals surface area contributed by atoms with Crippen LogP contribution in [0.4, 0.5) is 0 Å². The van der Waals surface area contributed by atoms with E-state index in [0.717, 1.165) is 45.3 Å². The summed E-state index contributed by atoms with van der Waals surface area (Å²) in [4.78, 5) is 0. The maximum atomic E-state index is 12.5. The van der Waals surface area contributed by atoms with E-state index in [1.807, 2.05) is 0 Å². The molecule has 3 fully saturated rings. The SMILES string of the molecule is O=S(=O)(CCC1CCCCN1)N1CCC2(CCCC2)CC1. The monoisotopic (exact) mass is 314 g/mol. The zero-order chi connectivity index (χ0) is 14.8.